The van der Waals surface area contributed by atoms with Crippen LogP contribution in [0, 0.1) is 0 Å². The lowest BCUT2D eigenvalue weighted by Crippen LogP contribution is -2.49. The zero-order valence-electron chi connectivity index (χ0n) is 15.4. The topological polar surface area (TPSA) is 60.0 Å². The SMILES string of the molecule is CN=C(NCC(=O)N1CCCCC1)NC1CCN(c2cccc(Cl)c2)C1. The van der Waals surface area contributed by atoms with E-state index in [4.69, 9.17) is 11.6 Å². The predicted octanol–water partition coefficient (Wildman–Crippen LogP) is 2.10. The van der Waals surface area contributed by atoms with Gasteiger partial charge in [-0.25, -0.2) is 0 Å². The Hall–Kier alpha value is -1.95. The van der Waals surface area contributed by atoms with Crippen molar-refractivity contribution < 1.29 is 4.79 Å². The third-order valence-electron chi connectivity index (χ3n) is 5.04. The molecule has 7 heteroatoms. The number of halogens is 1. The van der Waals surface area contributed by atoms with E-state index >= 15 is 0 Å². The van der Waals surface area contributed by atoms with Crippen LogP contribution < -0.4 is 15.5 Å². The first-order valence-corrected chi connectivity index (χ1v) is 9.79. The van der Waals surface area contributed by atoms with Gasteiger partial charge in [-0.1, -0.05) is 17.7 Å². The maximum atomic E-state index is 12.3. The molecule has 0 bridgehead atoms. The molecule has 1 unspecified atom stereocenters. The molecule has 2 fully saturated rings. The second-order valence-corrected chi connectivity index (χ2v) is 7.36. The predicted molar refractivity (Wildman–Crippen MR) is 107 cm³/mol. The van der Waals surface area contributed by atoms with Crippen molar-refractivity contribution in [1.29, 1.82) is 0 Å². The number of anilines is 1. The lowest BCUT2D eigenvalue weighted by atomic mass is 10.1. The van der Waals surface area contributed by atoms with E-state index in [9.17, 15) is 4.79 Å². The van der Waals surface area contributed by atoms with Crippen molar-refractivity contribution in [3.63, 3.8) is 0 Å². The number of likely N-dealkylation sites (tertiary alicyclic amines) is 1. The number of carbonyl (C=O) groups is 1. The maximum absolute atomic E-state index is 12.3. The summed E-state index contributed by atoms with van der Waals surface area (Å²) in [5.74, 6) is 0.841. The lowest BCUT2D eigenvalue weighted by Gasteiger charge is -2.27. The number of guanidine groups is 1. The minimum Gasteiger partial charge on any atom is -0.369 e. The normalized spacial score (nSPS) is 21.0. The van der Waals surface area contributed by atoms with Gasteiger partial charge in [0.1, 0.15) is 0 Å². The summed E-state index contributed by atoms with van der Waals surface area (Å²) in [4.78, 5) is 20.8. The molecular formula is C19H28ClN5O. The molecule has 2 heterocycles. The van der Waals surface area contributed by atoms with Crippen LogP contribution >= 0.6 is 11.6 Å². The summed E-state index contributed by atoms with van der Waals surface area (Å²) in [7, 11) is 1.74. The van der Waals surface area contributed by atoms with Crippen LogP contribution in [-0.2, 0) is 4.79 Å². The summed E-state index contributed by atoms with van der Waals surface area (Å²) < 4.78 is 0. The highest BCUT2D eigenvalue weighted by Gasteiger charge is 2.24. The summed E-state index contributed by atoms with van der Waals surface area (Å²) in [6, 6.07) is 8.24. The fourth-order valence-electron chi connectivity index (χ4n) is 3.59. The van der Waals surface area contributed by atoms with E-state index < -0.39 is 0 Å². The lowest BCUT2D eigenvalue weighted by molar-refractivity contribution is -0.130. The van der Waals surface area contributed by atoms with Crippen molar-refractivity contribution in [1.82, 2.24) is 15.5 Å². The molecule has 2 aliphatic heterocycles. The second kappa shape index (κ2) is 9.12. The van der Waals surface area contributed by atoms with Crippen molar-refractivity contribution in [3.8, 4) is 0 Å². The van der Waals surface area contributed by atoms with Gasteiger partial charge in [0.15, 0.2) is 5.96 Å². The van der Waals surface area contributed by atoms with Crippen molar-refractivity contribution in [2.24, 2.45) is 4.99 Å². The molecule has 1 amide bonds. The first-order chi connectivity index (χ1) is 12.7. The molecule has 1 aromatic carbocycles. The third kappa shape index (κ3) is 5.04. The number of nitrogens with one attached hydrogen (secondary N) is 2. The highest BCUT2D eigenvalue weighted by atomic mass is 35.5. The zero-order valence-corrected chi connectivity index (χ0v) is 16.1. The standard InChI is InChI=1S/C19H28ClN5O/c1-21-19(22-13-18(26)24-9-3-2-4-10-24)23-16-8-11-25(14-16)17-7-5-6-15(20)12-17/h5-7,12,16H,2-4,8-11,13-14H2,1H3,(H2,21,22,23). The quantitative estimate of drug-likeness (QED) is 0.623. The Morgan fingerprint density at radius 1 is 1.27 bits per heavy atom. The van der Waals surface area contributed by atoms with Crippen LogP contribution in [0.15, 0.2) is 29.3 Å². The highest BCUT2D eigenvalue weighted by Crippen LogP contribution is 2.23. The van der Waals surface area contributed by atoms with Gasteiger partial charge in [0.05, 0.1) is 6.54 Å². The van der Waals surface area contributed by atoms with Crippen molar-refractivity contribution >= 4 is 29.2 Å². The fraction of sp³-hybridized carbons (Fsp3) is 0.579. The molecule has 2 aliphatic rings. The first kappa shape index (κ1) is 18.8. The number of piperidine rings is 1. The second-order valence-electron chi connectivity index (χ2n) is 6.92. The average molecular weight is 378 g/mol. The van der Waals surface area contributed by atoms with Gasteiger partial charge in [0, 0.05) is 50.0 Å². The summed E-state index contributed by atoms with van der Waals surface area (Å²) >= 11 is 6.09. The van der Waals surface area contributed by atoms with E-state index in [-0.39, 0.29) is 5.91 Å². The smallest absolute Gasteiger partial charge is 0.241 e. The van der Waals surface area contributed by atoms with E-state index in [1.165, 1.54) is 6.42 Å². The van der Waals surface area contributed by atoms with E-state index in [1.807, 2.05) is 23.1 Å². The zero-order chi connectivity index (χ0) is 18.4. The van der Waals surface area contributed by atoms with E-state index in [0.29, 0.717) is 18.5 Å². The Kier molecular flexibility index (Phi) is 6.61. The molecule has 0 radical (unpaired) electrons. The van der Waals surface area contributed by atoms with Gasteiger partial charge in [0.25, 0.3) is 0 Å². The Bertz CT molecular complexity index is 645. The van der Waals surface area contributed by atoms with Crippen LogP contribution in [0.5, 0.6) is 0 Å². The summed E-state index contributed by atoms with van der Waals surface area (Å²) in [6.07, 6.45) is 4.47. The number of nitrogens with zero attached hydrogens (tertiary/aromatic N) is 3. The molecule has 0 aromatic heterocycles. The van der Waals surface area contributed by atoms with Gasteiger partial charge < -0.3 is 20.4 Å². The molecule has 1 atom stereocenters. The van der Waals surface area contributed by atoms with Crippen LogP contribution in [-0.4, -0.2) is 62.6 Å². The molecule has 0 spiro atoms. The van der Waals surface area contributed by atoms with Crippen molar-refractivity contribution in [3.05, 3.63) is 29.3 Å². The highest BCUT2D eigenvalue weighted by molar-refractivity contribution is 6.30. The van der Waals surface area contributed by atoms with E-state index in [0.717, 1.165) is 56.2 Å². The van der Waals surface area contributed by atoms with Gasteiger partial charge in [-0.3, -0.25) is 9.79 Å². The molecule has 0 saturated carbocycles. The van der Waals surface area contributed by atoms with Crippen molar-refractivity contribution in [2.45, 2.75) is 31.7 Å². The van der Waals surface area contributed by atoms with Crippen LogP contribution in [0.4, 0.5) is 5.69 Å². The monoisotopic (exact) mass is 377 g/mol. The van der Waals surface area contributed by atoms with Gasteiger partial charge in [-0.15, -0.1) is 0 Å². The summed E-state index contributed by atoms with van der Waals surface area (Å²) in [5, 5.41) is 7.35. The van der Waals surface area contributed by atoms with Crippen molar-refractivity contribution in [2.75, 3.05) is 44.7 Å². The number of carbonyl (C=O) groups excluding carboxylic acids is 1. The van der Waals surface area contributed by atoms with Gasteiger partial charge in [-0.05, 0) is 43.9 Å². The number of rotatable bonds is 4. The van der Waals surface area contributed by atoms with Gasteiger partial charge in [0.2, 0.25) is 5.91 Å². The molecule has 6 nitrogen and oxygen atoms in total. The molecule has 2 N–H and O–H groups in total. The molecule has 2 saturated heterocycles. The number of amides is 1. The minimum atomic E-state index is 0.152. The number of hydrogen-bond acceptors (Lipinski definition) is 3. The molecule has 0 aliphatic carbocycles. The number of hydrogen-bond donors (Lipinski definition) is 2. The average Bonchev–Trinajstić information content (AvgIpc) is 3.14. The molecule has 1 aromatic rings. The largest absolute Gasteiger partial charge is 0.369 e. The van der Waals surface area contributed by atoms with Gasteiger partial charge in [-0.2, -0.15) is 0 Å². The minimum absolute atomic E-state index is 0.152. The van der Waals surface area contributed by atoms with Crippen LogP contribution in [0.1, 0.15) is 25.7 Å². The molecule has 3 rings (SSSR count). The van der Waals surface area contributed by atoms with Crippen LogP contribution in [0.25, 0.3) is 0 Å². The Morgan fingerprint density at radius 2 is 2.08 bits per heavy atom. The van der Waals surface area contributed by atoms with E-state index in [2.05, 4.69) is 26.6 Å². The first-order valence-electron chi connectivity index (χ1n) is 9.41. The Balaban J connectivity index is 1.46. The molecule has 142 valence electrons. The summed E-state index contributed by atoms with van der Waals surface area (Å²) in [6.45, 7) is 3.92. The molecular weight excluding hydrogens is 350 g/mol. The van der Waals surface area contributed by atoms with Gasteiger partial charge >= 0.3 is 0 Å². The third-order valence-corrected chi connectivity index (χ3v) is 5.28. The Labute approximate surface area is 160 Å². The summed E-state index contributed by atoms with van der Waals surface area (Å²) in [5.41, 5.74) is 1.14. The number of aliphatic imine (C=N–C) groups is 1. The van der Waals surface area contributed by atoms with Crippen LogP contribution in [0.2, 0.25) is 5.02 Å². The Morgan fingerprint density at radius 3 is 2.81 bits per heavy atom. The maximum Gasteiger partial charge on any atom is 0.241 e. The molecule has 26 heavy (non-hydrogen) atoms. The van der Waals surface area contributed by atoms with Crippen LogP contribution in [0.3, 0.4) is 0 Å². The van der Waals surface area contributed by atoms with E-state index in [1.54, 1.807) is 7.05 Å². The number of benzene rings is 1. The fourth-order valence-corrected chi connectivity index (χ4v) is 3.77.